The van der Waals surface area contributed by atoms with Crippen LogP contribution in [0.3, 0.4) is 0 Å². The summed E-state index contributed by atoms with van der Waals surface area (Å²) in [5.41, 5.74) is -0.246. The van der Waals surface area contributed by atoms with Crippen molar-refractivity contribution in [2.45, 2.75) is 0 Å². The van der Waals surface area contributed by atoms with Gasteiger partial charge < -0.3 is 14.6 Å². The number of carbonyl (C=O) groups excluding carboxylic acids is 2. The molecule has 0 radical (unpaired) electrons. The Morgan fingerprint density at radius 3 is 2.26 bits per heavy atom. The first-order valence-electron chi connectivity index (χ1n) is 5.25. The van der Waals surface area contributed by atoms with E-state index in [1.807, 2.05) is 0 Å². The molecule has 0 bridgehead atoms. The lowest BCUT2D eigenvalue weighted by Crippen LogP contribution is -2.12. The fraction of sp³-hybridized carbons (Fsp3) is 0.167. The second-order valence-corrected chi connectivity index (χ2v) is 3.58. The van der Waals surface area contributed by atoms with Crippen LogP contribution in [0.25, 0.3) is 10.8 Å². The predicted octanol–water partition coefficient (Wildman–Crippen LogP) is 0.909. The van der Waals surface area contributed by atoms with Crippen molar-refractivity contribution in [3.63, 3.8) is 0 Å². The molecule has 2 rings (SSSR count). The smallest absolute Gasteiger partial charge is 0.359 e. The minimum atomic E-state index is -0.754. The van der Waals surface area contributed by atoms with Gasteiger partial charge in [0.1, 0.15) is 5.75 Å². The van der Waals surface area contributed by atoms with Crippen LogP contribution in [0.4, 0.5) is 0 Å². The van der Waals surface area contributed by atoms with Crippen LogP contribution < -0.4 is 0 Å². The van der Waals surface area contributed by atoms with Gasteiger partial charge in [-0.25, -0.2) is 9.59 Å². The van der Waals surface area contributed by atoms with Crippen molar-refractivity contribution in [2.24, 2.45) is 0 Å². The van der Waals surface area contributed by atoms with Gasteiger partial charge in [-0.1, -0.05) is 12.1 Å². The monoisotopic (exact) mass is 262 g/mol. The molecule has 0 amide bonds. The summed E-state index contributed by atoms with van der Waals surface area (Å²) in [6, 6.07) is 4.42. The standard InChI is InChI=1S/C12H10N2O5/c1-18-11(16)9-6-4-3-5-7(15)8(6)10(14-13-9)12(17)19-2/h3-5,15H,1-2H3. The summed E-state index contributed by atoms with van der Waals surface area (Å²) in [6.45, 7) is 0. The third-order valence-electron chi connectivity index (χ3n) is 2.54. The van der Waals surface area contributed by atoms with E-state index in [-0.39, 0.29) is 27.9 Å². The van der Waals surface area contributed by atoms with E-state index in [9.17, 15) is 14.7 Å². The maximum absolute atomic E-state index is 11.6. The second kappa shape index (κ2) is 4.89. The van der Waals surface area contributed by atoms with Crippen molar-refractivity contribution in [1.29, 1.82) is 0 Å². The summed E-state index contributed by atoms with van der Waals surface area (Å²) in [7, 11) is 2.39. The van der Waals surface area contributed by atoms with Crippen molar-refractivity contribution >= 4 is 22.7 Å². The van der Waals surface area contributed by atoms with E-state index >= 15 is 0 Å². The van der Waals surface area contributed by atoms with Crippen LogP contribution in [0.5, 0.6) is 5.75 Å². The summed E-state index contributed by atoms with van der Waals surface area (Å²) in [4.78, 5) is 23.1. The summed E-state index contributed by atoms with van der Waals surface area (Å²) >= 11 is 0. The molecular weight excluding hydrogens is 252 g/mol. The van der Waals surface area contributed by atoms with Crippen molar-refractivity contribution in [2.75, 3.05) is 14.2 Å². The van der Waals surface area contributed by atoms with Crippen LogP contribution in [0.2, 0.25) is 0 Å². The molecule has 19 heavy (non-hydrogen) atoms. The van der Waals surface area contributed by atoms with Gasteiger partial charge >= 0.3 is 11.9 Å². The number of carbonyl (C=O) groups is 2. The number of hydrogen-bond acceptors (Lipinski definition) is 7. The first-order valence-corrected chi connectivity index (χ1v) is 5.25. The number of phenols is 1. The maximum Gasteiger partial charge on any atom is 0.359 e. The largest absolute Gasteiger partial charge is 0.507 e. The lowest BCUT2D eigenvalue weighted by molar-refractivity contribution is 0.0577. The number of ether oxygens (including phenoxy) is 2. The van der Waals surface area contributed by atoms with Gasteiger partial charge in [-0.2, -0.15) is 0 Å². The first kappa shape index (κ1) is 12.7. The highest BCUT2D eigenvalue weighted by Gasteiger charge is 2.22. The number of fused-ring (bicyclic) bond motifs is 1. The van der Waals surface area contributed by atoms with Crippen LogP contribution in [-0.4, -0.2) is 41.5 Å². The van der Waals surface area contributed by atoms with Crippen LogP contribution >= 0.6 is 0 Å². The highest BCUT2D eigenvalue weighted by Crippen LogP contribution is 2.28. The summed E-state index contributed by atoms with van der Waals surface area (Å²) in [5, 5.41) is 17.5. The Kier molecular flexibility index (Phi) is 3.28. The number of hydrogen-bond donors (Lipinski definition) is 1. The number of phenolic OH excluding ortho intramolecular Hbond substituents is 1. The van der Waals surface area contributed by atoms with Gasteiger partial charge in [0, 0.05) is 5.39 Å². The Balaban J connectivity index is 2.83. The van der Waals surface area contributed by atoms with Gasteiger partial charge in [0.2, 0.25) is 0 Å². The number of nitrogens with zero attached hydrogens (tertiary/aromatic N) is 2. The zero-order chi connectivity index (χ0) is 14.0. The Hall–Kier alpha value is -2.70. The van der Waals surface area contributed by atoms with E-state index in [0.717, 1.165) is 0 Å². The van der Waals surface area contributed by atoms with E-state index < -0.39 is 11.9 Å². The van der Waals surface area contributed by atoms with Gasteiger partial charge in [0.25, 0.3) is 0 Å². The molecular formula is C12H10N2O5. The topological polar surface area (TPSA) is 98.6 Å². The number of methoxy groups -OCH3 is 2. The summed E-state index contributed by atoms with van der Waals surface area (Å²) in [6.07, 6.45) is 0. The van der Waals surface area contributed by atoms with Gasteiger partial charge in [0.05, 0.1) is 19.6 Å². The highest BCUT2D eigenvalue weighted by atomic mass is 16.5. The van der Waals surface area contributed by atoms with E-state index in [2.05, 4.69) is 19.7 Å². The molecule has 0 aliphatic heterocycles. The number of rotatable bonds is 2. The third-order valence-corrected chi connectivity index (χ3v) is 2.54. The minimum Gasteiger partial charge on any atom is -0.507 e. The van der Waals surface area contributed by atoms with E-state index in [4.69, 9.17) is 0 Å². The molecule has 0 unspecified atom stereocenters. The van der Waals surface area contributed by atoms with Crippen molar-refractivity contribution in [3.05, 3.63) is 29.6 Å². The average Bonchev–Trinajstić information content (AvgIpc) is 2.45. The number of esters is 2. The van der Waals surface area contributed by atoms with E-state index in [1.165, 1.54) is 32.4 Å². The fourth-order valence-corrected chi connectivity index (χ4v) is 1.68. The third kappa shape index (κ3) is 2.05. The Morgan fingerprint density at radius 2 is 1.63 bits per heavy atom. The summed E-state index contributed by atoms with van der Waals surface area (Å²) < 4.78 is 9.13. The molecule has 1 aromatic heterocycles. The van der Waals surface area contributed by atoms with E-state index in [0.29, 0.717) is 0 Å². The zero-order valence-electron chi connectivity index (χ0n) is 10.2. The van der Waals surface area contributed by atoms with Crippen molar-refractivity contribution in [1.82, 2.24) is 10.2 Å². The van der Waals surface area contributed by atoms with E-state index in [1.54, 1.807) is 0 Å². The lowest BCUT2D eigenvalue weighted by atomic mass is 10.1. The number of benzene rings is 1. The predicted molar refractivity (Wildman–Crippen MR) is 63.9 cm³/mol. The van der Waals surface area contributed by atoms with Crippen LogP contribution in [0.1, 0.15) is 21.0 Å². The van der Waals surface area contributed by atoms with Gasteiger partial charge in [-0.05, 0) is 6.07 Å². The van der Waals surface area contributed by atoms with Crippen LogP contribution in [-0.2, 0) is 9.47 Å². The van der Waals surface area contributed by atoms with Gasteiger partial charge in [-0.3, -0.25) is 0 Å². The molecule has 0 atom stereocenters. The maximum atomic E-state index is 11.6. The normalized spacial score (nSPS) is 10.2. The Bertz CT molecular complexity index is 668. The van der Waals surface area contributed by atoms with Crippen molar-refractivity contribution in [3.8, 4) is 5.75 Å². The first-order chi connectivity index (χ1) is 9.10. The molecule has 98 valence electrons. The zero-order valence-corrected chi connectivity index (χ0v) is 10.2. The molecule has 0 aliphatic carbocycles. The molecule has 7 heteroatoms. The Morgan fingerprint density at radius 1 is 1.05 bits per heavy atom. The molecule has 1 aromatic carbocycles. The molecule has 0 saturated carbocycles. The second-order valence-electron chi connectivity index (χ2n) is 3.58. The molecule has 0 fully saturated rings. The SMILES string of the molecule is COC(=O)c1nnc(C(=O)OC)c2c(O)cccc12. The molecule has 0 aliphatic rings. The fourth-order valence-electron chi connectivity index (χ4n) is 1.68. The Labute approximate surface area is 107 Å². The molecule has 1 heterocycles. The quantitative estimate of drug-likeness (QED) is 0.803. The number of aromatic nitrogens is 2. The molecule has 1 N–H and O–H groups in total. The van der Waals surface area contributed by atoms with Crippen LogP contribution in [0.15, 0.2) is 18.2 Å². The molecule has 2 aromatic rings. The highest BCUT2D eigenvalue weighted by molar-refractivity contribution is 6.11. The minimum absolute atomic E-state index is 0.0824. The molecule has 0 saturated heterocycles. The average molecular weight is 262 g/mol. The summed E-state index contributed by atoms with van der Waals surface area (Å²) in [5.74, 6) is -1.66. The van der Waals surface area contributed by atoms with Crippen LogP contribution in [0, 0.1) is 0 Å². The van der Waals surface area contributed by atoms with Gasteiger partial charge in [-0.15, -0.1) is 10.2 Å². The van der Waals surface area contributed by atoms with Gasteiger partial charge in [0.15, 0.2) is 11.4 Å². The number of aromatic hydroxyl groups is 1. The molecule has 7 nitrogen and oxygen atoms in total. The molecule has 0 spiro atoms. The van der Waals surface area contributed by atoms with Crippen molar-refractivity contribution < 1.29 is 24.2 Å². The lowest BCUT2D eigenvalue weighted by Gasteiger charge is -2.08.